The average Bonchev–Trinajstić information content (AvgIpc) is 3.20. The van der Waals surface area contributed by atoms with Crippen molar-refractivity contribution in [3.63, 3.8) is 0 Å². The third-order valence-electron chi connectivity index (χ3n) is 5.09. The summed E-state index contributed by atoms with van der Waals surface area (Å²) in [4.78, 5) is 17.4. The number of oxime groups is 1. The summed E-state index contributed by atoms with van der Waals surface area (Å²) in [7, 11) is 1.59. The molecule has 0 N–H and O–H groups in total. The monoisotopic (exact) mass is 503 g/mol. The second kappa shape index (κ2) is 10.3. The Morgan fingerprint density at radius 1 is 1.09 bits per heavy atom. The number of hydrogen-bond acceptors (Lipinski definition) is 5. The van der Waals surface area contributed by atoms with Gasteiger partial charge in [0.2, 0.25) is 0 Å². The van der Waals surface area contributed by atoms with E-state index in [4.69, 9.17) is 14.3 Å². The van der Waals surface area contributed by atoms with Gasteiger partial charge in [0.25, 0.3) is 0 Å². The Labute approximate surface area is 201 Å². The predicted molar refractivity (Wildman–Crippen MR) is 132 cm³/mol. The van der Waals surface area contributed by atoms with Crippen LogP contribution in [0.25, 0.3) is 6.08 Å². The van der Waals surface area contributed by atoms with Gasteiger partial charge in [-0.3, -0.25) is 0 Å². The molecule has 1 aliphatic heterocycles. The maximum atomic E-state index is 12.4. The molecule has 6 heteroatoms. The molecule has 0 aromatic heterocycles. The van der Waals surface area contributed by atoms with E-state index in [0.29, 0.717) is 35.8 Å². The van der Waals surface area contributed by atoms with Crippen LogP contribution in [0.2, 0.25) is 0 Å². The van der Waals surface area contributed by atoms with Crippen LogP contribution in [0.15, 0.2) is 94.6 Å². The van der Waals surface area contributed by atoms with Crippen molar-refractivity contribution in [3.05, 3.63) is 112 Å². The van der Waals surface area contributed by atoms with E-state index in [0.717, 1.165) is 26.7 Å². The molecule has 0 aliphatic carbocycles. The second-order valence-electron chi connectivity index (χ2n) is 7.36. The van der Waals surface area contributed by atoms with Crippen molar-refractivity contribution < 1.29 is 19.1 Å². The molecule has 5 nitrogen and oxygen atoms in total. The van der Waals surface area contributed by atoms with Crippen molar-refractivity contribution in [2.75, 3.05) is 7.11 Å². The number of carbonyl (C=O) groups is 1. The van der Waals surface area contributed by atoms with Crippen LogP contribution in [-0.2, 0) is 22.7 Å². The van der Waals surface area contributed by atoms with Crippen molar-refractivity contribution in [1.29, 1.82) is 0 Å². The van der Waals surface area contributed by atoms with Gasteiger partial charge in [0.05, 0.1) is 12.7 Å². The van der Waals surface area contributed by atoms with Gasteiger partial charge in [-0.05, 0) is 47.9 Å². The van der Waals surface area contributed by atoms with E-state index in [9.17, 15) is 4.79 Å². The maximum absolute atomic E-state index is 12.4. The van der Waals surface area contributed by atoms with Gasteiger partial charge < -0.3 is 14.3 Å². The van der Waals surface area contributed by atoms with Crippen molar-refractivity contribution in [2.45, 2.75) is 13.0 Å². The first-order valence-electron chi connectivity index (χ1n) is 10.3. The number of allylic oxidation sites excluding steroid dienone is 1. The van der Waals surface area contributed by atoms with Crippen LogP contribution < -0.4 is 9.47 Å². The van der Waals surface area contributed by atoms with E-state index < -0.39 is 5.97 Å². The maximum Gasteiger partial charge on any atom is 0.368 e. The number of benzene rings is 3. The molecule has 1 heterocycles. The number of carbonyl (C=O) groups excluding carboxylic acids is 1. The molecule has 0 atom stereocenters. The standard InChI is InChI=1S/C27H22BrNO4/c1-3-7-21-14-19(15-23-25(29-33-27(23)30)20-8-5-4-6-9-20)16-24(31-2)26(21)32-17-18-10-12-22(28)13-11-18/h3-6,8-16H,1,7,17H2,2H3/b23-15-. The topological polar surface area (TPSA) is 57.1 Å². The van der Waals surface area contributed by atoms with Crippen LogP contribution >= 0.6 is 15.9 Å². The highest BCUT2D eigenvalue weighted by molar-refractivity contribution is 9.10. The SMILES string of the molecule is C=CCc1cc(/C=C2\C(=O)ON=C2c2ccccc2)cc(OC)c1OCc1ccc(Br)cc1. The van der Waals surface area contributed by atoms with Crippen LogP contribution in [0, 0.1) is 0 Å². The molecule has 0 spiro atoms. The van der Waals surface area contributed by atoms with Crippen LogP contribution in [0.3, 0.4) is 0 Å². The third kappa shape index (κ3) is 5.23. The Bertz CT molecular complexity index is 1230. The molecule has 4 rings (SSSR count). The van der Waals surface area contributed by atoms with E-state index in [1.54, 1.807) is 19.3 Å². The van der Waals surface area contributed by atoms with Gasteiger partial charge in [-0.15, -0.1) is 6.58 Å². The fourth-order valence-corrected chi connectivity index (χ4v) is 3.77. The largest absolute Gasteiger partial charge is 0.493 e. The highest BCUT2D eigenvalue weighted by atomic mass is 79.9. The zero-order valence-corrected chi connectivity index (χ0v) is 19.7. The van der Waals surface area contributed by atoms with E-state index in [-0.39, 0.29) is 0 Å². The lowest BCUT2D eigenvalue weighted by Crippen LogP contribution is -2.07. The molecule has 0 saturated carbocycles. The molecule has 3 aromatic rings. The van der Waals surface area contributed by atoms with Crippen LogP contribution in [0.4, 0.5) is 0 Å². The summed E-state index contributed by atoms with van der Waals surface area (Å²) >= 11 is 3.44. The minimum absolute atomic E-state index is 0.385. The minimum atomic E-state index is -0.492. The number of rotatable bonds is 8. The van der Waals surface area contributed by atoms with Gasteiger partial charge >= 0.3 is 5.97 Å². The van der Waals surface area contributed by atoms with E-state index >= 15 is 0 Å². The zero-order valence-electron chi connectivity index (χ0n) is 18.1. The van der Waals surface area contributed by atoms with Crippen LogP contribution in [0.5, 0.6) is 11.5 Å². The first-order valence-corrected chi connectivity index (χ1v) is 11.1. The van der Waals surface area contributed by atoms with Gasteiger partial charge in [-0.1, -0.05) is 69.6 Å². The Kier molecular flexibility index (Phi) is 7.05. The molecule has 0 amide bonds. The molecule has 33 heavy (non-hydrogen) atoms. The van der Waals surface area contributed by atoms with E-state index in [2.05, 4.69) is 27.7 Å². The molecule has 166 valence electrons. The normalized spacial score (nSPS) is 14.1. The number of halogens is 1. The average molecular weight is 504 g/mol. The minimum Gasteiger partial charge on any atom is -0.493 e. The molecule has 0 saturated heterocycles. The van der Waals surface area contributed by atoms with Gasteiger partial charge in [-0.2, -0.15) is 0 Å². The summed E-state index contributed by atoms with van der Waals surface area (Å²) in [6.45, 7) is 4.26. The lowest BCUT2D eigenvalue weighted by Gasteiger charge is -2.16. The molecule has 0 fully saturated rings. The molecule has 0 radical (unpaired) electrons. The van der Waals surface area contributed by atoms with Crippen molar-refractivity contribution in [3.8, 4) is 11.5 Å². The number of methoxy groups -OCH3 is 1. The van der Waals surface area contributed by atoms with E-state index in [1.807, 2.05) is 66.7 Å². The number of hydrogen-bond donors (Lipinski definition) is 0. The van der Waals surface area contributed by atoms with Crippen LogP contribution in [0.1, 0.15) is 22.3 Å². The second-order valence-corrected chi connectivity index (χ2v) is 8.28. The quantitative estimate of drug-likeness (QED) is 0.211. The highest BCUT2D eigenvalue weighted by Crippen LogP contribution is 2.35. The molecular formula is C27H22BrNO4. The van der Waals surface area contributed by atoms with Crippen LogP contribution in [-0.4, -0.2) is 18.8 Å². The lowest BCUT2D eigenvalue weighted by atomic mass is 9.99. The van der Waals surface area contributed by atoms with Gasteiger partial charge in [0.1, 0.15) is 12.3 Å². The Morgan fingerprint density at radius 3 is 2.55 bits per heavy atom. The number of nitrogens with zero attached hydrogens (tertiary/aromatic N) is 1. The molecule has 3 aromatic carbocycles. The van der Waals surface area contributed by atoms with E-state index in [1.165, 1.54) is 0 Å². The first-order chi connectivity index (χ1) is 16.1. The summed E-state index contributed by atoms with van der Waals surface area (Å²) in [5.74, 6) is 0.727. The summed E-state index contributed by atoms with van der Waals surface area (Å²) in [6, 6.07) is 21.2. The molecule has 0 unspecified atom stereocenters. The van der Waals surface area contributed by atoms with Gasteiger partial charge in [-0.25, -0.2) is 4.79 Å². The summed E-state index contributed by atoms with van der Waals surface area (Å²) < 4.78 is 12.8. The molecule has 1 aliphatic rings. The Hall–Kier alpha value is -3.64. The van der Waals surface area contributed by atoms with Gasteiger partial charge in [0.15, 0.2) is 11.5 Å². The Balaban J connectivity index is 1.68. The highest BCUT2D eigenvalue weighted by Gasteiger charge is 2.27. The predicted octanol–water partition coefficient (Wildman–Crippen LogP) is 6.11. The first kappa shape index (κ1) is 22.6. The van der Waals surface area contributed by atoms with Crippen molar-refractivity contribution >= 4 is 33.7 Å². The van der Waals surface area contributed by atoms with Crippen molar-refractivity contribution in [2.24, 2.45) is 5.16 Å². The third-order valence-corrected chi connectivity index (χ3v) is 5.62. The summed E-state index contributed by atoms with van der Waals surface area (Å²) in [5.41, 5.74) is 4.41. The molecule has 0 bridgehead atoms. The smallest absolute Gasteiger partial charge is 0.368 e. The Morgan fingerprint density at radius 2 is 1.85 bits per heavy atom. The van der Waals surface area contributed by atoms with Gasteiger partial charge in [0, 0.05) is 15.6 Å². The zero-order chi connectivity index (χ0) is 23.2. The van der Waals surface area contributed by atoms with Crippen molar-refractivity contribution in [1.82, 2.24) is 0 Å². The lowest BCUT2D eigenvalue weighted by molar-refractivity contribution is -0.136. The summed E-state index contributed by atoms with van der Waals surface area (Å²) in [5, 5.41) is 3.98. The fourth-order valence-electron chi connectivity index (χ4n) is 3.51. The number of ether oxygens (including phenoxy) is 2. The summed E-state index contributed by atoms with van der Waals surface area (Å²) in [6.07, 6.45) is 4.14. The molecular weight excluding hydrogens is 482 g/mol. The fraction of sp³-hybridized carbons (Fsp3) is 0.111.